The number of aryl methyl sites for hydroxylation is 2. The standard InChI is InChI=1S/C16H16N4OS/c1-10-15(22-11(2)19-10)9-17-16(21)13-5-3-12(4-6-13)14-7-8-18-20-14/h3-8H,9H2,1-2H3,(H,17,21)(H,18,20). The van der Waals surface area contributed by atoms with E-state index >= 15 is 0 Å². The van der Waals surface area contributed by atoms with E-state index < -0.39 is 0 Å². The number of amides is 1. The lowest BCUT2D eigenvalue weighted by molar-refractivity contribution is 0.0951. The summed E-state index contributed by atoms with van der Waals surface area (Å²) >= 11 is 1.62. The van der Waals surface area contributed by atoms with E-state index in [-0.39, 0.29) is 5.91 Å². The van der Waals surface area contributed by atoms with Crippen LogP contribution < -0.4 is 5.32 Å². The zero-order valence-corrected chi connectivity index (χ0v) is 13.2. The minimum atomic E-state index is -0.0818. The molecule has 2 aromatic heterocycles. The maximum atomic E-state index is 12.2. The molecule has 22 heavy (non-hydrogen) atoms. The molecule has 0 radical (unpaired) electrons. The van der Waals surface area contributed by atoms with Crippen LogP contribution in [0.3, 0.4) is 0 Å². The quantitative estimate of drug-likeness (QED) is 0.777. The monoisotopic (exact) mass is 312 g/mol. The van der Waals surface area contributed by atoms with Gasteiger partial charge < -0.3 is 5.32 Å². The molecule has 1 aromatic carbocycles. The van der Waals surface area contributed by atoms with Crippen molar-refractivity contribution in [1.82, 2.24) is 20.5 Å². The highest BCUT2D eigenvalue weighted by Crippen LogP contribution is 2.18. The molecule has 1 amide bonds. The van der Waals surface area contributed by atoms with E-state index in [0.717, 1.165) is 26.8 Å². The van der Waals surface area contributed by atoms with Gasteiger partial charge in [-0.3, -0.25) is 9.89 Å². The third kappa shape index (κ3) is 3.07. The topological polar surface area (TPSA) is 70.7 Å². The number of carbonyl (C=O) groups is 1. The third-order valence-electron chi connectivity index (χ3n) is 3.37. The average Bonchev–Trinajstić information content (AvgIpc) is 3.15. The van der Waals surface area contributed by atoms with Crippen molar-refractivity contribution in [1.29, 1.82) is 0 Å². The lowest BCUT2D eigenvalue weighted by atomic mass is 10.1. The van der Waals surface area contributed by atoms with Crippen LogP contribution in [-0.2, 0) is 6.54 Å². The van der Waals surface area contributed by atoms with Gasteiger partial charge in [0, 0.05) is 16.6 Å². The Morgan fingerprint density at radius 1 is 1.23 bits per heavy atom. The lowest BCUT2D eigenvalue weighted by Gasteiger charge is -2.05. The van der Waals surface area contributed by atoms with Gasteiger partial charge in [-0.15, -0.1) is 11.3 Å². The van der Waals surface area contributed by atoms with Crippen molar-refractivity contribution in [3.05, 3.63) is 57.7 Å². The van der Waals surface area contributed by atoms with Crippen molar-refractivity contribution >= 4 is 17.2 Å². The summed E-state index contributed by atoms with van der Waals surface area (Å²) in [6.45, 7) is 4.44. The molecular formula is C16H16N4OS. The molecule has 3 aromatic rings. The maximum Gasteiger partial charge on any atom is 0.251 e. The molecule has 0 aliphatic heterocycles. The number of H-pyrrole nitrogens is 1. The Bertz CT molecular complexity index is 775. The van der Waals surface area contributed by atoms with Gasteiger partial charge in [-0.25, -0.2) is 4.98 Å². The van der Waals surface area contributed by atoms with Gasteiger partial charge >= 0.3 is 0 Å². The predicted molar refractivity (Wildman–Crippen MR) is 86.8 cm³/mol. The number of nitrogens with zero attached hydrogens (tertiary/aromatic N) is 2. The Balaban J connectivity index is 1.66. The first-order valence-corrected chi connectivity index (χ1v) is 7.76. The van der Waals surface area contributed by atoms with Gasteiger partial charge in [0.2, 0.25) is 0 Å². The second kappa shape index (κ2) is 6.11. The molecule has 2 N–H and O–H groups in total. The molecule has 5 nitrogen and oxygen atoms in total. The molecular weight excluding hydrogens is 296 g/mol. The summed E-state index contributed by atoms with van der Waals surface area (Å²) in [6, 6.07) is 9.34. The smallest absolute Gasteiger partial charge is 0.251 e. The molecule has 0 unspecified atom stereocenters. The van der Waals surface area contributed by atoms with E-state index in [2.05, 4.69) is 20.5 Å². The molecule has 2 heterocycles. The number of hydrogen-bond donors (Lipinski definition) is 2. The molecule has 0 bridgehead atoms. The molecule has 0 saturated heterocycles. The van der Waals surface area contributed by atoms with Crippen molar-refractivity contribution < 1.29 is 4.79 Å². The predicted octanol–water partition coefficient (Wildman–Crippen LogP) is 3.08. The van der Waals surface area contributed by atoms with Crippen LogP contribution in [0.4, 0.5) is 0 Å². The Kier molecular flexibility index (Phi) is 4.02. The van der Waals surface area contributed by atoms with E-state index in [1.54, 1.807) is 17.5 Å². The zero-order chi connectivity index (χ0) is 15.5. The van der Waals surface area contributed by atoms with Crippen LogP contribution in [0, 0.1) is 13.8 Å². The number of rotatable bonds is 4. The fraction of sp³-hybridized carbons (Fsp3) is 0.188. The SMILES string of the molecule is Cc1nc(C)c(CNC(=O)c2ccc(-c3ccn[nH]3)cc2)s1. The first-order valence-electron chi connectivity index (χ1n) is 6.94. The minimum absolute atomic E-state index is 0.0818. The van der Waals surface area contributed by atoms with E-state index in [4.69, 9.17) is 0 Å². The van der Waals surface area contributed by atoms with Crippen molar-refractivity contribution in [3.63, 3.8) is 0 Å². The molecule has 0 aliphatic rings. The lowest BCUT2D eigenvalue weighted by Crippen LogP contribution is -2.22. The van der Waals surface area contributed by atoms with Crippen LogP contribution in [-0.4, -0.2) is 21.1 Å². The normalized spacial score (nSPS) is 10.6. The zero-order valence-electron chi connectivity index (χ0n) is 12.4. The first-order chi connectivity index (χ1) is 10.6. The number of carbonyl (C=O) groups excluding carboxylic acids is 1. The van der Waals surface area contributed by atoms with Crippen LogP contribution in [0.1, 0.15) is 25.9 Å². The van der Waals surface area contributed by atoms with E-state index in [9.17, 15) is 4.79 Å². The fourth-order valence-corrected chi connectivity index (χ4v) is 3.09. The first kappa shape index (κ1) is 14.5. The van der Waals surface area contributed by atoms with Crippen molar-refractivity contribution in [2.24, 2.45) is 0 Å². The van der Waals surface area contributed by atoms with Crippen LogP contribution in [0.2, 0.25) is 0 Å². The van der Waals surface area contributed by atoms with Gasteiger partial charge in [0.05, 0.1) is 22.9 Å². The van der Waals surface area contributed by atoms with Crippen LogP contribution >= 0.6 is 11.3 Å². The summed E-state index contributed by atoms with van der Waals surface area (Å²) in [5, 5.41) is 10.8. The Labute approximate surface area is 132 Å². The highest BCUT2D eigenvalue weighted by Gasteiger charge is 2.09. The highest BCUT2D eigenvalue weighted by molar-refractivity contribution is 7.11. The Morgan fingerprint density at radius 2 is 2.00 bits per heavy atom. The summed E-state index contributed by atoms with van der Waals surface area (Å²) in [4.78, 5) is 17.6. The molecule has 112 valence electrons. The summed E-state index contributed by atoms with van der Waals surface area (Å²) < 4.78 is 0. The maximum absolute atomic E-state index is 12.2. The van der Waals surface area contributed by atoms with Gasteiger partial charge in [0.1, 0.15) is 0 Å². The molecule has 0 aliphatic carbocycles. The second-order valence-electron chi connectivity index (χ2n) is 4.97. The number of hydrogen-bond acceptors (Lipinski definition) is 4. The van der Waals surface area contributed by atoms with Crippen molar-refractivity contribution in [3.8, 4) is 11.3 Å². The number of aromatic nitrogens is 3. The summed E-state index contributed by atoms with van der Waals surface area (Å²) in [7, 11) is 0. The average molecular weight is 312 g/mol. The number of aromatic amines is 1. The highest BCUT2D eigenvalue weighted by atomic mass is 32.1. The number of thiazole rings is 1. The summed E-state index contributed by atoms with van der Waals surface area (Å²) in [6.07, 6.45) is 1.70. The number of benzene rings is 1. The van der Waals surface area contributed by atoms with Crippen molar-refractivity contribution in [2.75, 3.05) is 0 Å². The Morgan fingerprint density at radius 3 is 2.59 bits per heavy atom. The molecule has 0 spiro atoms. The van der Waals surface area contributed by atoms with Crippen LogP contribution in [0.15, 0.2) is 36.5 Å². The minimum Gasteiger partial charge on any atom is -0.347 e. The fourth-order valence-electron chi connectivity index (χ4n) is 2.22. The summed E-state index contributed by atoms with van der Waals surface area (Å²) in [5.74, 6) is -0.0818. The van der Waals surface area contributed by atoms with Gasteiger partial charge in [-0.2, -0.15) is 5.10 Å². The van der Waals surface area contributed by atoms with Gasteiger partial charge in [0.15, 0.2) is 0 Å². The van der Waals surface area contributed by atoms with Gasteiger partial charge in [-0.1, -0.05) is 12.1 Å². The van der Waals surface area contributed by atoms with Gasteiger partial charge in [-0.05, 0) is 37.6 Å². The molecule has 0 fully saturated rings. The molecule has 0 saturated carbocycles. The van der Waals surface area contributed by atoms with Gasteiger partial charge in [0.25, 0.3) is 5.91 Å². The Hall–Kier alpha value is -2.47. The largest absolute Gasteiger partial charge is 0.347 e. The summed E-state index contributed by atoms with van der Waals surface area (Å²) in [5.41, 5.74) is 3.56. The van der Waals surface area contributed by atoms with Crippen molar-refractivity contribution in [2.45, 2.75) is 20.4 Å². The second-order valence-corrected chi connectivity index (χ2v) is 6.26. The third-order valence-corrected chi connectivity index (χ3v) is 4.44. The van der Waals surface area contributed by atoms with Crippen LogP contribution in [0.5, 0.6) is 0 Å². The van der Waals surface area contributed by atoms with E-state index in [1.807, 2.05) is 44.2 Å². The molecule has 6 heteroatoms. The number of nitrogens with one attached hydrogen (secondary N) is 2. The molecule has 0 atom stereocenters. The molecule has 3 rings (SSSR count). The van der Waals surface area contributed by atoms with E-state index in [1.165, 1.54) is 0 Å². The van der Waals surface area contributed by atoms with E-state index in [0.29, 0.717) is 12.1 Å². The van der Waals surface area contributed by atoms with Crippen LogP contribution in [0.25, 0.3) is 11.3 Å².